The number of halogens is 1. The van der Waals surface area contributed by atoms with Gasteiger partial charge >= 0.3 is 5.97 Å². The number of ether oxygens (including phenoxy) is 3. The molecule has 1 atom stereocenters. The third-order valence-corrected chi connectivity index (χ3v) is 4.29. The fraction of sp³-hybridized carbons (Fsp3) is 0.222. The molecule has 6 nitrogen and oxygen atoms in total. The highest BCUT2D eigenvalue weighted by atomic mass is 79.9. The van der Waals surface area contributed by atoms with Crippen LogP contribution in [0.1, 0.15) is 12.0 Å². The summed E-state index contributed by atoms with van der Waals surface area (Å²) in [7, 11) is 1.58. The van der Waals surface area contributed by atoms with Crippen molar-refractivity contribution in [3.05, 3.63) is 52.5 Å². The summed E-state index contributed by atoms with van der Waals surface area (Å²) in [5.41, 5.74) is 1.40. The first-order chi connectivity index (χ1) is 12.1. The average molecular weight is 406 g/mol. The molecule has 0 saturated carbocycles. The maximum Gasteiger partial charge on any atom is 0.310 e. The minimum absolute atomic E-state index is 0.104. The average Bonchev–Trinajstić information content (AvgIpc) is 2.61. The molecule has 0 radical (unpaired) electrons. The van der Waals surface area contributed by atoms with E-state index in [2.05, 4.69) is 21.2 Å². The summed E-state index contributed by atoms with van der Waals surface area (Å²) in [5, 5.41) is 2.72. The van der Waals surface area contributed by atoms with E-state index in [0.29, 0.717) is 17.2 Å². The highest BCUT2D eigenvalue weighted by molar-refractivity contribution is 9.10. The Kier molecular flexibility index (Phi) is 5.23. The van der Waals surface area contributed by atoms with Crippen molar-refractivity contribution >= 4 is 33.5 Å². The molecule has 1 heterocycles. The molecule has 3 rings (SSSR count). The first-order valence-corrected chi connectivity index (χ1v) is 8.40. The second-order valence-electron chi connectivity index (χ2n) is 5.43. The highest BCUT2D eigenvalue weighted by Crippen LogP contribution is 2.30. The molecule has 25 heavy (non-hydrogen) atoms. The number of carbonyl (C=O) groups excluding carboxylic acids is 2. The molecule has 0 fully saturated rings. The van der Waals surface area contributed by atoms with Crippen LogP contribution in [0, 0.1) is 0 Å². The van der Waals surface area contributed by atoms with Crippen molar-refractivity contribution in [3.8, 4) is 11.5 Å². The predicted molar refractivity (Wildman–Crippen MR) is 94.6 cm³/mol. The number of nitrogens with one attached hydrogen (secondary N) is 1. The van der Waals surface area contributed by atoms with Crippen LogP contribution in [0.5, 0.6) is 11.5 Å². The van der Waals surface area contributed by atoms with Gasteiger partial charge in [0.1, 0.15) is 18.1 Å². The summed E-state index contributed by atoms with van der Waals surface area (Å²) in [5.74, 6) is 0.370. The van der Waals surface area contributed by atoms with E-state index < -0.39 is 12.1 Å². The number of hydrogen-bond donors (Lipinski definition) is 1. The minimum atomic E-state index is -0.898. The molecule has 0 bridgehead atoms. The van der Waals surface area contributed by atoms with Crippen LogP contribution in [0.15, 0.2) is 46.9 Å². The molecule has 1 aliphatic heterocycles. The van der Waals surface area contributed by atoms with Gasteiger partial charge in [0.25, 0.3) is 5.91 Å². The Bertz CT molecular complexity index is 808. The number of esters is 1. The Morgan fingerprint density at radius 1 is 1.28 bits per heavy atom. The summed E-state index contributed by atoms with van der Waals surface area (Å²) >= 11 is 3.38. The van der Waals surface area contributed by atoms with Gasteiger partial charge < -0.3 is 19.5 Å². The second kappa shape index (κ2) is 7.57. The molecule has 1 amide bonds. The van der Waals surface area contributed by atoms with Gasteiger partial charge in [-0.3, -0.25) is 9.59 Å². The van der Waals surface area contributed by atoms with Crippen LogP contribution in [0.25, 0.3) is 0 Å². The van der Waals surface area contributed by atoms with Crippen LogP contribution < -0.4 is 14.8 Å². The lowest BCUT2D eigenvalue weighted by Crippen LogP contribution is -2.38. The first-order valence-electron chi connectivity index (χ1n) is 7.61. The van der Waals surface area contributed by atoms with Crippen LogP contribution in [-0.4, -0.2) is 25.1 Å². The van der Waals surface area contributed by atoms with Crippen LogP contribution >= 0.6 is 15.9 Å². The maximum atomic E-state index is 12.0. The van der Waals surface area contributed by atoms with E-state index in [0.717, 1.165) is 10.0 Å². The number of para-hydroxylation sites is 2. The minimum Gasteiger partial charge on any atom is -0.496 e. The molecule has 0 spiro atoms. The SMILES string of the molecule is COc1ccc(COC(=O)C[C@H]2Oc3ccccc3NC2=O)cc1Br. The number of anilines is 1. The highest BCUT2D eigenvalue weighted by Gasteiger charge is 2.30. The summed E-state index contributed by atoms with van der Waals surface area (Å²) < 4.78 is 16.7. The summed E-state index contributed by atoms with van der Waals surface area (Å²) in [6, 6.07) is 12.5. The first kappa shape index (κ1) is 17.3. The molecule has 0 aliphatic carbocycles. The van der Waals surface area contributed by atoms with E-state index in [9.17, 15) is 9.59 Å². The molecule has 0 saturated heterocycles. The standard InChI is InChI=1S/C18H16BrNO5/c1-23-14-7-6-11(8-12(14)19)10-24-17(21)9-16-18(22)20-13-4-2-3-5-15(13)25-16/h2-8,16H,9-10H2,1H3,(H,20,22)/t16-/m1/s1. The third-order valence-electron chi connectivity index (χ3n) is 3.67. The zero-order valence-corrected chi connectivity index (χ0v) is 15.0. The molecule has 2 aromatic rings. The van der Waals surface area contributed by atoms with Crippen molar-refractivity contribution < 1.29 is 23.8 Å². The Labute approximate surface area is 153 Å². The smallest absolute Gasteiger partial charge is 0.310 e. The number of rotatable bonds is 5. The number of benzene rings is 2. The summed E-state index contributed by atoms with van der Waals surface area (Å²) in [4.78, 5) is 24.0. The lowest BCUT2D eigenvalue weighted by molar-refractivity contribution is -0.149. The Morgan fingerprint density at radius 2 is 2.08 bits per heavy atom. The fourth-order valence-corrected chi connectivity index (χ4v) is 2.99. The zero-order chi connectivity index (χ0) is 17.8. The second-order valence-corrected chi connectivity index (χ2v) is 6.28. The van der Waals surface area contributed by atoms with Gasteiger partial charge in [-0.25, -0.2) is 0 Å². The van der Waals surface area contributed by atoms with Crippen molar-refractivity contribution in [2.24, 2.45) is 0 Å². The van der Waals surface area contributed by atoms with Gasteiger partial charge in [-0.05, 0) is 45.8 Å². The molecule has 1 aliphatic rings. The van der Waals surface area contributed by atoms with Crippen molar-refractivity contribution in [2.45, 2.75) is 19.1 Å². The topological polar surface area (TPSA) is 73.9 Å². The van der Waals surface area contributed by atoms with Gasteiger partial charge in [0, 0.05) is 0 Å². The molecule has 0 unspecified atom stereocenters. The maximum absolute atomic E-state index is 12.0. The number of methoxy groups -OCH3 is 1. The van der Waals surface area contributed by atoms with Crippen molar-refractivity contribution in [1.29, 1.82) is 0 Å². The summed E-state index contributed by atoms with van der Waals surface area (Å²) in [6.45, 7) is 0.104. The Balaban J connectivity index is 1.56. The lowest BCUT2D eigenvalue weighted by Gasteiger charge is -2.25. The normalized spacial score (nSPS) is 15.6. The predicted octanol–water partition coefficient (Wildman–Crippen LogP) is 3.29. The van der Waals surface area contributed by atoms with Crippen LogP contribution in [0.2, 0.25) is 0 Å². The van der Waals surface area contributed by atoms with E-state index in [1.54, 1.807) is 43.5 Å². The van der Waals surface area contributed by atoms with Gasteiger partial charge in [-0.15, -0.1) is 0 Å². The fourth-order valence-electron chi connectivity index (χ4n) is 2.40. The number of hydrogen-bond acceptors (Lipinski definition) is 5. The molecule has 2 aromatic carbocycles. The van der Waals surface area contributed by atoms with E-state index >= 15 is 0 Å². The molecule has 1 N–H and O–H groups in total. The van der Waals surface area contributed by atoms with Crippen molar-refractivity contribution in [3.63, 3.8) is 0 Å². The van der Waals surface area contributed by atoms with Gasteiger partial charge in [0.15, 0.2) is 6.10 Å². The van der Waals surface area contributed by atoms with E-state index in [1.807, 2.05) is 6.07 Å². The molecular weight excluding hydrogens is 390 g/mol. The molecule has 130 valence electrons. The van der Waals surface area contributed by atoms with Crippen molar-refractivity contribution in [1.82, 2.24) is 0 Å². The Hall–Kier alpha value is -2.54. The molecule has 0 aromatic heterocycles. The van der Waals surface area contributed by atoms with E-state index in [-0.39, 0.29) is 18.9 Å². The zero-order valence-electron chi connectivity index (χ0n) is 13.5. The van der Waals surface area contributed by atoms with Gasteiger partial charge in [-0.1, -0.05) is 18.2 Å². The quantitative estimate of drug-likeness (QED) is 0.772. The van der Waals surface area contributed by atoms with Crippen LogP contribution in [0.3, 0.4) is 0 Å². The summed E-state index contributed by atoms with van der Waals surface area (Å²) in [6.07, 6.45) is -1.05. The number of fused-ring (bicyclic) bond motifs is 1. The van der Waals surface area contributed by atoms with Gasteiger partial charge in [0.05, 0.1) is 23.7 Å². The molecular formula is C18H16BrNO5. The van der Waals surface area contributed by atoms with E-state index in [4.69, 9.17) is 14.2 Å². The van der Waals surface area contributed by atoms with Crippen LogP contribution in [-0.2, 0) is 20.9 Å². The lowest BCUT2D eigenvalue weighted by atomic mass is 10.1. The Morgan fingerprint density at radius 3 is 2.84 bits per heavy atom. The number of amides is 1. The third kappa shape index (κ3) is 4.11. The van der Waals surface area contributed by atoms with Crippen molar-refractivity contribution in [2.75, 3.05) is 12.4 Å². The van der Waals surface area contributed by atoms with E-state index in [1.165, 1.54) is 0 Å². The van der Waals surface area contributed by atoms with Crippen LogP contribution in [0.4, 0.5) is 5.69 Å². The van der Waals surface area contributed by atoms with Gasteiger partial charge in [-0.2, -0.15) is 0 Å². The number of carbonyl (C=O) groups is 2. The molecule has 7 heteroatoms. The monoisotopic (exact) mass is 405 g/mol. The van der Waals surface area contributed by atoms with Gasteiger partial charge in [0.2, 0.25) is 0 Å². The largest absolute Gasteiger partial charge is 0.496 e.